The molecule has 1 aromatic rings. The zero-order chi connectivity index (χ0) is 9.68. The summed E-state index contributed by atoms with van der Waals surface area (Å²) in [5.74, 6) is 0.566. The number of allylic oxidation sites excluding steroid dienone is 1. The molecule has 0 saturated heterocycles. The van der Waals surface area contributed by atoms with Crippen LogP contribution in [0.1, 0.15) is 31.2 Å². The summed E-state index contributed by atoms with van der Waals surface area (Å²) in [4.78, 5) is 0. The average Bonchev–Trinajstić information content (AvgIpc) is 2.14. The van der Waals surface area contributed by atoms with E-state index in [4.69, 9.17) is 11.6 Å². The molecule has 1 heteroatoms. The van der Waals surface area contributed by atoms with Gasteiger partial charge in [-0.05, 0) is 36.5 Å². The molecule has 1 rings (SSSR count). The maximum absolute atomic E-state index is 5.90. The monoisotopic (exact) mass is 194 g/mol. The van der Waals surface area contributed by atoms with Crippen molar-refractivity contribution in [2.45, 2.75) is 25.7 Å². The van der Waals surface area contributed by atoms with Gasteiger partial charge >= 0.3 is 0 Å². The Morgan fingerprint density at radius 1 is 1.54 bits per heavy atom. The maximum Gasteiger partial charge on any atom is 0.0408 e. The molecule has 0 amide bonds. The van der Waals surface area contributed by atoms with Gasteiger partial charge in [-0.2, -0.15) is 0 Å². The van der Waals surface area contributed by atoms with E-state index in [0.29, 0.717) is 5.92 Å². The van der Waals surface area contributed by atoms with Crippen molar-refractivity contribution < 1.29 is 0 Å². The van der Waals surface area contributed by atoms with Crippen molar-refractivity contribution in [3.05, 3.63) is 47.5 Å². The van der Waals surface area contributed by atoms with E-state index in [1.165, 1.54) is 5.56 Å². The van der Waals surface area contributed by atoms with Crippen LogP contribution in [0.4, 0.5) is 0 Å². The molecule has 0 aliphatic rings. The molecule has 0 saturated carbocycles. The molecular weight excluding hydrogens is 180 g/mol. The lowest BCUT2D eigenvalue weighted by molar-refractivity contribution is 0.691. The standard InChI is InChI=1S/C12H15Cl/c1-3-4-6-10(2)11-7-5-8-12(13)9-11/h3,5,7-10H,1,4,6H2,2H3. The fourth-order valence-electron chi connectivity index (χ4n) is 1.35. The molecule has 1 atom stereocenters. The van der Waals surface area contributed by atoms with Crippen LogP contribution in [0.3, 0.4) is 0 Å². The fourth-order valence-corrected chi connectivity index (χ4v) is 1.55. The van der Waals surface area contributed by atoms with Crippen LogP contribution in [0.2, 0.25) is 5.02 Å². The predicted molar refractivity (Wildman–Crippen MR) is 59.3 cm³/mol. The maximum atomic E-state index is 5.90. The largest absolute Gasteiger partial charge is 0.103 e. The predicted octanol–water partition coefficient (Wildman–Crippen LogP) is 4.41. The van der Waals surface area contributed by atoms with E-state index in [9.17, 15) is 0 Å². The lowest BCUT2D eigenvalue weighted by atomic mass is 9.96. The molecule has 13 heavy (non-hydrogen) atoms. The van der Waals surface area contributed by atoms with Gasteiger partial charge in [0.25, 0.3) is 0 Å². The average molecular weight is 195 g/mol. The van der Waals surface area contributed by atoms with E-state index in [1.807, 2.05) is 24.3 Å². The molecule has 0 aromatic heterocycles. The Kier molecular flexibility index (Phi) is 4.04. The minimum atomic E-state index is 0.566. The molecule has 1 aromatic carbocycles. The molecule has 0 fully saturated rings. The van der Waals surface area contributed by atoms with Crippen LogP contribution in [0.25, 0.3) is 0 Å². The third-order valence-electron chi connectivity index (χ3n) is 2.22. The van der Waals surface area contributed by atoms with Crippen LogP contribution in [0, 0.1) is 0 Å². The van der Waals surface area contributed by atoms with E-state index in [1.54, 1.807) is 0 Å². The molecule has 0 heterocycles. The highest BCUT2D eigenvalue weighted by atomic mass is 35.5. The van der Waals surface area contributed by atoms with Crippen LogP contribution in [-0.2, 0) is 0 Å². The summed E-state index contributed by atoms with van der Waals surface area (Å²) >= 11 is 5.90. The van der Waals surface area contributed by atoms with Gasteiger partial charge in [-0.1, -0.05) is 36.7 Å². The first kappa shape index (κ1) is 10.3. The quantitative estimate of drug-likeness (QED) is 0.623. The van der Waals surface area contributed by atoms with E-state index in [-0.39, 0.29) is 0 Å². The Labute approximate surface area is 85.2 Å². The van der Waals surface area contributed by atoms with Gasteiger partial charge in [-0.25, -0.2) is 0 Å². The van der Waals surface area contributed by atoms with Gasteiger partial charge in [-0.15, -0.1) is 6.58 Å². The Hall–Kier alpha value is -0.750. The SMILES string of the molecule is C=CCCC(C)c1cccc(Cl)c1. The van der Waals surface area contributed by atoms with Crippen molar-refractivity contribution in [2.24, 2.45) is 0 Å². The van der Waals surface area contributed by atoms with Crippen LogP contribution in [0.15, 0.2) is 36.9 Å². The number of benzene rings is 1. The van der Waals surface area contributed by atoms with Crippen molar-refractivity contribution in [1.82, 2.24) is 0 Å². The second kappa shape index (κ2) is 5.08. The lowest BCUT2D eigenvalue weighted by Crippen LogP contribution is -1.92. The molecule has 0 spiro atoms. The van der Waals surface area contributed by atoms with Gasteiger partial charge in [0, 0.05) is 5.02 Å². The third kappa shape index (κ3) is 3.23. The summed E-state index contributed by atoms with van der Waals surface area (Å²) in [6.45, 7) is 5.94. The second-order valence-corrected chi connectivity index (χ2v) is 3.76. The van der Waals surface area contributed by atoms with Gasteiger partial charge in [0.1, 0.15) is 0 Å². The Morgan fingerprint density at radius 3 is 2.92 bits per heavy atom. The zero-order valence-corrected chi connectivity index (χ0v) is 8.72. The van der Waals surface area contributed by atoms with Crippen molar-refractivity contribution in [3.63, 3.8) is 0 Å². The molecule has 0 bridgehead atoms. The Balaban J connectivity index is 2.65. The molecule has 0 N–H and O–H groups in total. The second-order valence-electron chi connectivity index (χ2n) is 3.32. The zero-order valence-electron chi connectivity index (χ0n) is 7.96. The normalized spacial score (nSPS) is 12.5. The molecule has 0 nitrogen and oxygen atoms in total. The van der Waals surface area contributed by atoms with Crippen molar-refractivity contribution in [3.8, 4) is 0 Å². The Bertz CT molecular complexity index is 278. The number of rotatable bonds is 4. The summed E-state index contributed by atoms with van der Waals surface area (Å²) in [5, 5.41) is 0.822. The molecule has 1 unspecified atom stereocenters. The molecule has 0 radical (unpaired) electrons. The van der Waals surface area contributed by atoms with Crippen LogP contribution in [0.5, 0.6) is 0 Å². The van der Waals surface area contributed by atoms with Crippen LogP contribution < -0.4 is 0 Å². The number of halogens is 1. The van der Waals surface area contributed by atoms with Crippen LogP contribution in [-0.4, -0.2) is 0 Å². The molecular formula is C12H15Cl. The minimum Gasteiger partial charge on any atom is -0.103 e. The van der Waals surface area contributed by atoms with Gasteiger partial charge in [0.15, 0.2) is 0 Å². The third-order valence-corrected chi connectivity index (χ3v) is 2.46. The van der Waals surface area contributed by atoms with Gasteiger partial charge in [-0.3, -0.25) is 0 Å². The molecule has 70 valence electrons. The summed E-state index contributed by atoms with van der Waals surface area (Å²) in [7, 11) is 0. The highest BCUT2D eigenvalue weighted by Crippen LogP contribution is 2.23. The lowest BCUT2D eigenvalue weighted by Gasteiger charge is -2.10. The summed E-state index contributed by atoms with van der Waals surface area (Å²) in [5.41, 5.74) is 1.31. The van der Waals surface area contributed by atoms with Gasteiger partial charge < -0.3 is 0 Å². The van der Waals surface area contributed by atoms with E-state index in [2.05, 4.69) is 19.6 Å². The fraction of sp³-hybridized carbons (Fsp3) is 0.333. The van der Waals surface area contributed by atoms with Crippen molar-refractivity contribution in [2.75, 3.05) is 0 Å². The first-order chi connectivity index (χ1) is 6.24. The van der Waals surface area contributed by atoms with Crippen molar-refractivity contribution in [1.29, 1.82) is 0 Å². The number of hydrogen-bond donors (Lipinski definition) is 0. The summed E-state index contributed by atoms with van der Waals surface area (Å²) in [6, 6.07) is 8.07. The van der Waals surface area contributed by atoms with Gasteiger partial charge in [0.2, 0.25) is 0 Å². The minimum absolute atomic E-state index is 0.566. The summed E-state index contributed by atoms with van der Waals surface area (Å²) in [6.07, 6.45) is 4.17. The highest BCUT2D eigenvalue weighted by molar-refractivity contribution is 6.30. The first-order valence-corrected chi connectivity index (χ1v) is 4.98. The van der Waals surface area contributed by atoms with Crippen molar-refractivity contribution >= 4 is 11.6 Å². The first-order valence-electron chi connectivity index (χ1n) is 4.60. The topological polar surface area (TPSA) is 0 Å². The van der Waals surface area contributed by atoms with Gasteiger partial charge in [0.05, 0.1) is 0 Å². The molecule has 0 aliphatic heterocycles. The summed E-state index contributed by atoms with van der Waals surface area (Å²) < 4.78 is 0. The van der Waals surface area contributed by atoms with Crippen LogP contribution >= 0.6 is 11.6 Å². The van der Waals surface area contributed by atoms with E-state index in [0.717, 1.165) is 17.9 Å². The Morgan fingerprint density at radius 2 is 2.31 bits per heavy atom. The molecule has 0 aliphatic carbocycles. The number of hydrogen-bond acceptors (Lipinski definition) is 0. The van der Waals surface area contributed by atoms with E-state index < -0.39 is 0 Å². The smallest absolute Gasteiger partial charge is 0.0408 e. The highest BCUT2D eigenvalue weighted by Gasteiger charge is 2.03. The van der Waals surface area contributed by atoms with E-state index >= 15 is 0 Å².